The van der Waals surface area contributed by atoms with Crippen LogP contribution in [0.4, 0.5) is 0 Å². The maximum Gasteiger partial charge on any atom is 0.287 e. The van der Waals surface area contributed by atoms with Crippen LogP contribution in [0.3, 0.4) is 0 Å². The van der Waals surface area contributed by atoms with E-state index >= 15 is 0 Å². The molecule has 0 saturated heterocycles. The van der Waals surface area contributed by atoms with Crippen LogP contribution in [0.15, 0.2) is 29.4 Å². The molecule has 2 rings (SSSR count). The zero-order valence-electron chi connectivity index (χ0n) is 10.7. The summed E-state index contributed by atoms with van der Waals surface area (Å²) >= 11 is 0. The van der Waals surface area contributed by atoms with Crippen LogP contribution >= 0.6 is 0 Å². The van der Waals surface area contributed by atoms with Crippen LogP contribution < -0.4 is 4.90 Å². The minimum Gasteiger partial charge on any atom is -0.507 e. The quantitative estimate of drug-likeness (QED) is 0.765. The zero-order valence-corrected chi connectivity index (χ0v) is 10.7. The van der Waals surface area contributed by atoms with E-state index in [1.54, 1.807) is 12.1 Å². The van der Waals surface area contributed by atoms with Crippen molar-refractivity contribution < 1.29 is 14.8 Å². The first-order valence-corrected chi connectivity index (χ1v) is 5.77. The molecule has 2 atom stereocenters. The molecular formula is C13H19N2O2+. The van der Waals surface area contributed by atoms with Crippen molar-refractivity contribution in [2.24, 2.45) is 5.16 Å². The molecule has 1 aliphatic rings. The molecule has 4 nitrogen and oxygen atoms in total. The van der Waals surface area contributed by atoms with Crippen molar-refractivity contribution in [3.63, 3.8) is 0 Å². The van der Waals surface area contributed by atoms with E-state index in [1.165, 1.54) is 0 Å². The van der Waals surface area contributed by atoms with E-state index in [0.29, 0.717) is 0 Å². The Morgan fingerprint density at radius 2 is 2.00 bits per heavy atom. The van der Waals surface area contributed by atoms with Crippen LogP contribution in [-0.2, 0) is 4.84 Å². The Balaban J connectivity index is 2.40. The van der Waals surface area contributed by atoms with Crippen LogP contribution in [0.1, 0.15) is 32.6 Å². The Kier molecular flexibility index (Phi) is 2.83. The van der Waals surface area contributed by atoms with Gasteiger partial charge in [-0.2, -0.15) is 0 Å². The number of hydrogen-bond acceptors (Lipinski definition) is 3. The number of hydrogen-bond donors (Lipinski definition) is 2. The number of aromatic hydroxyl groups is 1. The fourth-order valence-electron chi connectivity index (χ4n) is 1.94. The summed E-state index contributed by atoms with van der Waals surface area (Å²) in [6, 6.07) is 7.24. The second-order valence-corrected chi connectivity index (χ2v) is 5.03. The summed E-state index contributed by atoms with van der Waals surface area (Å²) in [6.07, 6.45) is -0.269. The average Bonchev–Trinajstić information content (AvgIpc) is 2.29. The number of quaternary nitrogens is 1. The van der Waals surface area contributed by atoms with Gasteiger partial charge in [0.25, 0.3) is 6.23 Å². The first kappa shape index (κ1) is 11.9. The Bertz CT molecular complexity index is 454. The minimum atomic E-state index is -0.269. The lowest BCUT2D eigenvalue weighted by Gasteiger charge is -2.39. The van der Waals surface area contributed by atoms with E-state index in [9.17, 15) is 5.11 Å². The molecule has 0 fully saturated rings. The summed E-state index contributed by atoms with van der Waals surface area (Å²) in [5.41, 5.74) is 1.63. The van der Waals surface area contributed by atoms with Crippen molar-refractivity contribution in [3.8, 4) is 5.75 Å². The highest BCUT2D eigenvalue weighted by atomic mass is 16.7. The van der Waals surface area contributed by atoms with Crippen molar-refractivity contribution in [1.82, 2.24) is 0 Å². The molecule has 0 spiro atoms. The van der Waals surface area contributed by atoms with Gasteiger partial charge in [0.15, 0.2) is 0 Å². The predicted octanol–water partition coefficient (Wildman–Crippen LogP) is 1.09. The topological polar surface area (TPSA) is 46.3 Å². The van der Waals surface area contributed by atoms with E-state index in [2.05, 4.69) is 26.1 Å². The van der Waals surface area contributed by atoms with E-state index in [0.717, 1.165) is 16.2 Å². The molecule has 0 saturated carbocycles. The number of phenolic OH excluding ortho intramolecular Hbond substituents is 1. The summed E-state index contributed by atoms with van der Waals surface area (Å²) in [4.78, 5) is 6.65. The van der Waals surface area contributed by atoms with Gasteiger partial charge in [-0.15, -0.1) is 0 Å². The molecule has 1 aromatic carbocycles. The lowest BCUT2D eigenvalue weighted by atomic mass is 9.95. The maximum atomic E-state index is 9.87. The second-order valence-electron chi connectivity index (χ2n) is 5.03. The normalized spacial score (nSPS) is 27.2. The number of oxime groups is 1. The van der Waals surface area contributed by atoms with E-state index in [4.69, 9.17) is 4.84 Å². The van der Waals surface area contributed by atoms with Crippen molar-refractivity contribution in [1.29, 1.82) is 0 Å². The van der Waals surface area contributed by atoms with Crippen LogP contribution in [-0.4, -0.2) is 23.4 Å². The molecule has 4 heteroatoms. The summed E-state index contributed by atoms with van der Waals surface area (Å²) in [6.45, 7) is 6.21. The van der Waals surface area contributed by atoms with Crippen LogP contribution in [0.2, 0.25) is 0 Å². The maximum absolute atomic E-state index is 9.87. The number of benzene rings is 1. The molecule has 92 valence electrons. The zero-order chi connectivity index (χ0) is 12.6. The number of nitrogens with zero attached hydrogens (tertiary/aromatic N) is 1. The Hall–Kier alpha value is -1.55. The van der Waals surface area contributed by atoms with Gasteiger partial charge in [-0.05, 0) is 32.9 Å². The van der Waals surface area contributed by atoms with Crippen molar-refractivity contribution in [2.45, 2.75) is 32.5 Å². The third kappa shape index (κ3) is 1.89. The van der Waals surface area contributed by atoms with Crippen LogP contribution in [0, 0.1) is 0 Å². The molecule has 17 heavy (non-hydrogen) atoms. The lowest BCUT2D eigenvalue weighted by molar-refractivity contribution is -0.975. The van der Waals surface area contributed by atoms with Gasteiger partial charge in [-0.1, -0.05) is 17.3 Å². The summed E-state index contributed by atoms with van der Waals surface area (Å²) < 4.78 is 0. The Morgan fingerprint density at radius 1 is 1.35 bits per heavy atom. The van der Waals surface area contributed by atoms with E-state index in [-0.39, 0.29) is 17.5 Å². The van der Waals surface area contributed by atoms with Crippen LogP contribution in [0.25, 0.3) is 0 Å². The Morgan fingerprint density at radius 3 is 2.65 bits per heavy atom. The summed E-state index contributed by atoms with van der Waals surface area (Å²) in [7, 11) is 2.05. The molecule has 1 unspecified atom stereocenters. The van der Waals surface area contributed by atoms with Gasteiger partial charge in [-0.3, -0.25) is 4.90 Å². The standard InChI is InChI=1S/C13H18N2O2/c1-9-13(2,3)15(4)12(17-14-9)10-7-5-6-8-11(10)16/h5-8,12,16H,1-4H3/p+1/t12-/m1/s1. The number of phenols is 1. The molecule has 2 N–H and O–H groups in total. The molecule has 0 amide bonds. The minimum absolute atomic E-state index is 0.106. The largest absolute Gasteiger partial charge is 0.507 e. The highest BCUT2D eigenvalue weighted by molar-refractivity contribution is 5.89. The van der Waals surface area contributed by atoms with Crippen molar-refractivity contribution in [2.75, 3.05) is 7.05 Å². The molecular weight excluding hydrogens is 216 g/mol. The summed E-state index contributed by atoms with van der Waals surface area (Å²) in [5, 5.41) is 14.0. The average molecular weight is 235 g/mol. The number of rotatable bonds is 1. The van der Waals surface area contributed by atoms with Gasteiger partial charge in [0, 0.05) is 0 Å². The lowest BCUT2D eigenvalue weighted by Crippen LogP contribution is -3.19. The van der Waals surface area contributed by atoms with Gasteiger partial charge in [0.2, 0.25) is 0 Å². The predicted molar refractivity (Wildman–Crippen MR) is 66.0 cm³/mol. The highest BCUT2D eigenvalue weighted by Gasteiger charge is 2.43. The fraction of sp³-hybridized carbons (Fsp3) is 0.462. The monoisotopic (exact) mass is 235 g/mol. The third-order valence-corrected chi connectivity index (χ3v) is 3.80. The van der Waals surface area contributed by atoms with Crippen molar-refractivity contribution >= 4 is 5.71 Å². The van der Waals surface area contributed by atoms with Gasteiger partial charge < -0.3 is 9.94 Å². The fourth-order valence-corrected chi connectivity index (χ4v) is 1.94. The molecule has 1 heterocycles. The molecule has 1 aromatic rings. The number of para-hydroxylation sites is 1. The van der Waals surface area contributed by atoms with Crippen molar-refractivity contribution in [3.05, 3.63) is 29.8 Å². The van der Waals surface area contributed by atoms with Gasteiger partial charge in [0.05, 0.1) is 12.6 Å². The molecule has 0 bridgehead atoms. The van der Waals surface area contributed by atoms with E-state index < -0.39 is 0 Å². The van der Waals surface area contributed by atoms with Gasteiger partial charge in [0.1, 0.15) is 17.0 Å². The highest BCUT2D eigenvalue weighted by Crippen LogP contribution is 2.25. The van der Waals surface area contributed by atoms with Crippen LogP contribution in [0.5, 0.6) is 5.75 Å². The van der Waals surface area contributed by atoms with Gasteiger partial charge in [-0.25, -0.2) is 0 Å². The third-order valence-electron chi connectivity index (χ3n) is 3.80. The van der Waals surface area contributed by atoms with Gasteiger partial charge >= 0.3 is 0 Å². The SMILES string of the molecule is CC1=NO[C@H](c2ccccc2O)[NH+](C)C1(C)C. The number of nitrogens with one attached hydrogen (secondary N) is 1. The smallest absolute Gasteiger partial charge is 0.287 e. The molecule has 0 aromatic heterocycles. The first-order chi connectivity index (χ1) is 7.94. The second kappa shape index (κ2) is 4.04. The van der Waals surface area contributed by atoms with E-state index in [1.807, 2.05) is 19.1 Å². The molecule has 1 aliphatic heterocycles. The molecule has 0 aliphatic carbocycles. The first-order valence-electron chi connectivity index (χ1n) is 5.77. The molecule has 0 radical (unpaired) electrons. The summed E-state index contributed by atoms with van der Waals surface area (Å²) in [5.74, 6) is 0.252. The Labute approximate surface area is 101 Å².